The van der Waals surface area contributed by atoms with Crippen LogP contribution in [-0.4, -0.2) is 4.55 Å². The van der Waals surface area contributed by atoms with E-state index in [1.807, 2.05) is 6.07 Å². The van der Waals surface area contributed by atoms with Crippen LogP contribution in [0.25, 0.3) is 0 Å². The number of hydrogen-bond acceptors (Lipinski definition) is 3. The number of nitriles is 1. The van der Waals surface area contributed by atoms with Crippen LogP contribution in [0.15, 0.2) is 29.2 Å². The maximum Gasteiger partial charge on any atom is 1.00 e. The summed E-state index contributed by atoms with van der Waals surface area (Å²) in [6.07, 6.45) is 0. The molecule has 0 amide bonds. The molecular weight excluding hydrogens is 169 g/mol. The molecule has 0 atom stereocenters. The summed E-state index contributed by atoms with van der Waals surface area (Å²) in [5.74, 6) is 0. The molecule has 0 saturated carbocycles. The first kappa shape index (κ1) is 11.0. The van der Waals surface area contributed by atoms with E-state index in [1.54, 1.807) is 24.3 Å². The summed E-state index contributed by atoms with van der Waals surface area (Å²) in [6, 6.07) is 8.56. The molecule has 4 heteroatoms. The Morgan fingerprint density at radius 1 is 1.45 bits per heavy atom. The molecular formula is C7H4NNaOS. The SMILES string of the molecule is N#Cc1cccc(S[O-])c1.[Na+]. The zero-order chi connectivity index (χ0) is 7.40. The number of nitrogens with zero attached hydrogens (tertiary/aromatic N) is 1. The monoisotopic (exact) mass is 173 g/mol. The van der Waals surface area contributed by atoms with Gasteiger partial charge in [0.15, 0.2) is 0 Å². The fourth-order valence-corrected chi connectivity index (χ4v) is 0.927. The van der Waals surface area contributed by atoms with Crippen molar-refractivity contribution < 1.29 is 34.1 Å². The van der Waals surface area contributed by atoms with Gasteiger partial charge in [0.05, 0.1) is 11.6 Å². The molecule has 0 saturated heterocycles. The van der Waals surface area contributed by atoms with Crippen molar-refractivity contribution in [2.45, 2.75) is 4.90 Å². The third kappa shape index (κ3) is 3.28. The van der Waals surface area contributed by atoms with Crippen LogP contribution in [-0.2, 0) is 0 Å². The average Bonchev–Trinajstić information content (AvgIpc) is 2.05. The second kappa shape index (κ2) is 5.64. The Morgan fingerprint density at radius 2 is 2.18 bits per heavy atom. The first-order valence-electron chi connectivity index (χ1n) is 2.67. The van der Waals surface area contributed by atoms with Gasteiger partial charge < -0.3 is 4.55 Å². The van der Waals surface area contributed by atoms with E-state index in [0.29, 0.717) is 22.5 Å². The molecule has 2 nitrogen and oxygen atoms in total. The zero-order valence-corrected chi connectivity index (χ0v) is 8.89. The molecule has 0 bridgehead atoms. The second-order valence-corrected chi connectivity index (χ2v) is 2.36. The molecule has 0 spiro atoms. The minimum atomic E-state index is 0. The molecule has 1 aromatic rings. The summed E-state index contributed by atoms with van der Waals surface area (Å²) in [5.41, 5.74) is 0.529. The molecule has 0 aromatic heterocycles. The fourth-order valence-electron chi connectivity index (χ4n) is 0.617. The van der Waals surface area contributed by atoms with Crippen molar-refractivity contribution in [3.8, 4) is 6.07 Å². The van der Waals surface area contributed by atoms with Crippen molar-refractivity contribution in [1.82, 2.24) is 0 Å². The van der Waals surface area contributed by atoms with Crippen molar-refractivity contribution in [3.63, 3.8) is 0 Å². The minimum Gasteiger partial charge on any atom is -0.795 e. The van der Waals surface area contributed by atoms with Gasteiger partial charge in [-0.15, -0.1) is 0 Å². The van der Waals surface area contributed by atoms with Gasteiger partial charge in [-0.1, -0.05) is 6.07 Å². The van der Waals surface area contributed by atoms with Gasteiger partial charge in [-0.2, -0.15) is 5.26 Å². The fraction of sp³-hybridized carbons (Fsp3) is 0. The van der Waals surface area contributed by atoms with Gasteiger partial charge in [-0.25, -0.2) is 12.0 Å². The Kier molecular flexibility index (Phi) is 5.65. The van der Waals surface area contributed by atoms with Crippen LogP contribution in [0.2, 0.25) is 0 Å². The predicted molar refractivity (Wildman–Crippen MR) is 37.8 cm³/mol. The van der Waals surface area contributed by atoms with E-state index in [0.717, 1.165) is 0 Å². The van der Waals surface area contributed by atoms with Crippen LogP contribution in [0.5, 0.6) is 0 Å². The van der Waals surface area contributed by atoms with Crippen LogP contribution in [0.1, 0.15) is 5.56 Å². The summed E-state index contributed by atoms with van der Waals surface area (Å²) in [5, 5.41) is 8.40. The van der Waals surface area contributed by atoms with Crippen LogP contribution >= 0.6 is 12.0 Å². The standard InChI is InChI=1S/C7H5NOS.Na/c8-5-6-2-1-3-7(4-6)10-9;/h1-4,9H;/q;+1/p-1. The quantitative estimate of drug-likeness (QED) is 0.395. The first-order chi connectivity index (χ1) is 4.86. The van der Waals surface area contributed by atoms with Crippen molar-refractivity contribution in [2.24, 2.45) is 0 Å². The molecule has 50 valence electrons. The van der Waals surface area contributed by atoms with Gasteiger partial charge in [-0.05, 0) is 23.1 Å². The van der Waals surface area contributed by atoms with E-state index in [-0.39, 0.29) is 29.6 Å². The Balaban J connectivity index is 0.000001000. The van der Waals surface area contributed by atoms with Crippen molar-refractivity contribution >= 4 is 12.0 Å². The zero-order valence-electron chi connectivity index (χ0n) is 6.07. The molecule has 1 rings (SSSR count). The molecule has 0 N–H and O–H groups in total. The Morgan fingerprint density at radius 3 is 2.73 bits per heavy atom. The van der Waals surface area contributed by atoms with Crippen molar-refractivity contribution in [3.05, 3.63) is 29.8 Å². The average molecular weight is 173 g/mol. The minimum absolute atomic E-state index is 0. The van der Waals surface area contributed by atoms with E-state index < -0.39 is 0 Å². The summed E-state index contributed by atoms with van der Waals surface area (Å²) in [7, 11) is 0. The van der Waals surface area contributed by atoms with Gasteiger partial charge in [0.25, 0.3) is 0 Å². The topological polar surface area (TPSA) is 46.8 Å². The van der Waals surface area contributed by atoms with Gasteiger partial charge in [0, 0.05) is 0 Å². The molecule has 0 fully saturated rings. The van der Waals surface area contributed by atoms with Crippen LogP contribution < -0.4 is 29.6 Å². The van der Waals surface area contributed by atoms with Gasteiger partial charge >= 0.3 is 29.6 Å². The Bertz CT molecular complexity index is 271. The third-order valence-electron chi connectivity index (χ3n) is 1.06. The number of rotatable bonds is 1. The summed E-state index contributed by atoms with van der Waals surface area (Å²) >= 11 is 0.397. The van der Waals surface area contributed by atoms with Crippen molar-refractivity contribution in [2.75, 3.05) is 0 Å². The Labute approximate surface area is 91.7 Å². The van der Waals surface area contributed by atoms with Gasteiger partial charge in [-0.3, -0.25) is 0 Å². The second-order valence-electron chi connectivity index (χ2n) is 1.72. The maximum absolute atomic E-state index is 10.2. The molecule has 0 aliphatic carbocycles. The molecule has 0 aliphatic heterocycles. The smallest absolute Gasteiger partial charge is 0.795 e. The van der Waals surface area contributed by atoms with Crippen LogP contribution in [0.4, 0.5) is 0 Å². The van der Waals surface area contributed by atoms with Crippen LogP contribution in [0, 0.1) is 11.3 Å². The number of benzene rings is 1. The molecule has 0 unspecified atom stereocenters. The van der Waals surface area contributed by atoms with E-state index in [1.165, 1.54) is 0 Å². The van der Waals surface area contributed by atoms with E-state index in [4.69, 9.17) is 5.26 Å². The third-order valence-corrected chi connectivity index (χ3v) is 1.51. The van der Waals surface area contributed by atoms with Gasteiger partial charge in [0.2, 0.25) is 0 Å². The van der Waals surface area contributed by atoms with Crippen molar-refractivity contribution in [1.29, 1.82) is 5.26 Å². The predicted octanol–water partition coefficient (Wildman–Crippen LogP) is -1.22. The van der Waals surface area contributed by atoms with E-state index in [9.17, 15) is 4.55 Å². The largest absolute Gasteiger partial charge is 1.00 e. The molecule has 1 aromatic carbocycles. The van der Waals surface area contributed by atoms with E-state index >= 15 is 0 Å². The number of hydrogen-bond donors (Lipinski definition) is 0. The molecule has 0 aliphatic rings. The molecule has 0 radical (unpaired) electrons. The first-order valence-corrected chi connectivity index (χ1v) is 3.41. The summed E-state index contributed by atoms with van der Waals surface area (Å²) in [4.78, 5) is 0.582. The summed E-state index contributed by atoms with van der Waals surface area (Å²) < 4.78 is 10.2. The van der Waals surface area contributed by atoms with Gasteiger partial charge in [0.1, 0.15) is 0 Å². The maximum atomic E-state index is 10.2. The molecule has 11 heavy (non-hydrogen) atoms. The normalized spacial score (nSPS) is 8.00. The van der Waals surface area contributed by atoms with E-state index in [2.05, 4.69) is 0 Å². The molecule has 0 heterocycles. The van der Waals surface area contributed by atoms with Crippen LogP contribution in [0.3, 0.4) is 0 Å². The summed E-state index contributed by atoms with van der Waals surface area (Å²) in [6.45, 7) is 0. The Hall–Kier alpha value is 0.0200.